The molecule has 1 aromatic rings. The molecule has 0 fully saturated rings. The Hall–Kier alpha value is -1.63. The SMILES string of the molecule is CS(=O)(=O)c1ccc(F)cc1NCC1=NCCN1. The van der Waals surface area contributed by atoms with Crippen molar-refractivity contribution in [1.29, 1.82) is 0 Å². The number of amidine groups is 1. The summed E-state index contributed by atoms with van der Waals surface area (Å²) in [5, 5.41) is 5.93. The van der Waals surface area contributed by atoms with Crippen LogP contribution in [0.2, 0.25) is 0 Å². The zero-order valence-corrected chi connectivity index (χ0v) is 10.7. The second-order valence-electron chi connectivity index (χ2n) is 4.02. The first-order valence-electron chi connectivity index (χ1n) is 5.47. The fourth-order valence-electron chi connectivity index (χ4n) is 1.71. The van der Waals surface area contributed by atoms with E-state index in [-0.39, 0.29) is 10.6 Å². The number of hydrogen-bond donors (Lipinski definition) is 2. The standard InChI is InChI=1S/C11H14FN3O2S/c1-18(16,17)10-3-2-8(12)6-9(10)15-7-11-13-4-5-14-11/h2-3,6,15H,4-5,7H2,1H3,(H,13,14). The van der Waals surface area contributed by atoms with E-state index in [9.17, 15) is 12.8 Å². The van der Waals surface area contributed by atoms with Crippen LogP contribution in [0.25, 0.3) is 0 Å². The summed E-state index contributed by atoms with van der Waals surface area (Å²) in [6, 6.07) is 3.57. The molecule has 1 heterocycles. The van der Waals surface area contributed by atoms with E-state index < -0.39 is 15.7 Å². The van der Waals surface area contributed by atoms with Gasteiger partial charge in [0.25, 0.3) is 0 Å². The summed E-state index contributed by atoms with van der Waals surface area (Å²) in [7, 11) is -3.39. The van der Waals surface area contributed by atoms with Crippen LogP contribution in [0.1, 0.15) is 0 Å². The van der Waals surface area contributed by atoms with E-state index in [2.05, 4.69) is 15.6 Å². The maximum atomic E-state index is 13.2. The maximum Gasteiger partial charge on any atom is 0.177 e. The number of hydrogen-bond acceptors (Lipinski definition) is 5. The molecular weight excluding hydrogens is 257 g/mol. The number of sulfone groups is 1. The molecule has 5 nitrogen and oxygen atoms in total. The molecule has 7 heteroatoms. The average molecular weight is 271 g/mol. The van der Waals surface area contributed by atoms with Crippen molar-refractivity contribution in [3.63, 3.8) is 0 Å². The van der Waals surface area contributed by atoms with Gasteiger partial charge in [0.2, 0.25) is 0 Å². The van der Waals surface area contributed by atoms with E-state index in [1.807, 2.05) is 0 Å². The van der Waals surface area contributed by atoms with Gasteiger partial charge in [0.15, 0.2) is 9.84 Å². The van der Waals surface area contributed by atoms with E-state index in [0.29, 0.717) is 13.1 Å². The molecule has 0 atom stereocenters. The van der Waals surface area contributed by atoms with Crippen molar-refractivity contribution in [3.05, 3.63) is 24.0 Å². The van der Waals surface area contributed by atoms with Crippen LogP contribution in [0.15, 0.2) is 28.1 Å². The summed E-state index contributed by atoms with van der Waals surface area (Å²) in [6.45, 7) is 1.84. The lowest BCUT2D eigenvalue weighted by Gasteiger charge is -2.11. The number of benzene rings is 1. The van der Waals surface area contributed by atoms with Crippen LogP contribution in [0.5, 0.6) is 0 Å². The molecule has 0 aromatic heterocycles. The lowest BCUT2D eigenvalue weighted by atomic mass is 10.3. The van der Waals surface area contributed by atoms with Crippen LogP contribution in [0.4, 0.5) is 10.1 Å². The predicted molar refractivity (Wildman–Crippen MR) is 68.3 cm³/mol. The molecule has 1 aromatic carbocycles. The monoisotopic (exact) mass is 271 g/mol. The van der Waals surface area contributed by atoms with Crippen molar-refractivity contribution in [3.8, 4) is 0 Å². The number of aliphatic imine (C=N–C) groups is 1. The second kappa shape index (κ2) is 4.93. The number of anilines is 1. The van der Waals surface area contributed by atoms with E-state index >= 15 is 0 Å². The van der Waals surface area contributed by atoms with E-state index in [4.69, 9.17) is 0 Å². The molecule has 0 spiro atoms. The van der Waals surface area contributed by atoms with E-state index in [0.717, 1.165) is 24.7 Å². The Bertz CT molecular complexity index is 584. The fourth-order valence-corrected chi connectivity index (χ4v) is 2.55. The van der Waals surface area contributed by atoms with Crippen LogP contribution in [-0.2, 0) is 9.84 Å². The lowest BCUT2D eigenvalue weighted by molar-refractivity contribution is 0.601. The molecule has 98 valence electrons. The second-order valence-corrected chi connectivity index (χ2v) is 6.01. The van der Waals surface area contributed by atoms with Crippen LogP contribution in [0, 0.1) is 5.82 Å². The van der Waals surface area contributed by atoms with Crippen molar-refractivity contribution in [1.82, 2.24) is 5.32 Å². The Morgan fingerprint density at radius 3 is 2.89 bits per heavy atom. The van der Waals surface area contributed by atoms with Gasteiger partial charge >= 0.3 is 0 Å². The van der Waals surface area contributed by atoms with Crippen molar-refractivity contribution in [2.24, 2.45) is 4.99 Å². The summed E-state index contributed by atoms with van der Waals surface area (Å²) < 4.78 is 36.3. The first kappa shape index (κ1) is 12.8. The Balaban J connectivity index is 2.22. The third kappa shape index (κ3) is 2.98. The average Bonchev–Trinajstić information content (AvgIpc) is 2.77. The zero-order valence-electron chi connectivity index (χ0n) is 9.90. The fraction of sp³-hybridized carbons (Fsp3) is 0.364. The summed E-state index contributed by atoms with van der Waals surface area (Å²) in [5.41, 5.74) is 0.258. The highest BCUT2D eigenvalue weighted by molar-refractivity contribution is 7.90. The molecule has 0 unspecified atom stereocenters. The third-order valence-corrected chi connectivity index (χ3v) is 3.69. The van der Waals surface area contributed by atoms with Crippen LogP contribution >= 0.6 is 0 Å². The molecule has 2 rings (SSSR count). The van der Waals surface area contributed by atoms with Crippen LogP contribution in [-0.4, -0.2) is 40.1 Å². The Morgan fingerprint density at radius 1 is 1.50 bits per heavy atom. The van der Waals surface area contributed by atoms with Gasteiger partial charge in [0.1, 0.15) is 11.7 Å². The number of halogens is 1. The Morgan fingerprint density at radius 2 is 2.28 bits per heavy atom. The molecule has 1 aliphatic rings. The van der Waals surface area contributed by atoms with Crippen LogP contribution in [0.3, 0.4) is 0 Å². The van der Waals surface area contributed by atoms with Gasteiger partial charge in [-0.3, -0.25) is 4.99 Å². The molecule has 0 saturated heterocycles. The van der Waals surface area contributed by atoms with E-state index in [1.165, 1.54) is 12.1 Å². The largest absolute Gasteiger partial charge is 0.377 e. The molecule has 2 N–H and O–H groups in total. The van der Waals surface area contributed by atoms with Gasteiger partial charge in [-0.05, 0) is 18.2 Å². The lowest BCUT2D eigenvalue weighted by Crippen LogP contribution is -2.26. The van der Waals surface area contributed by atoms with Crippen molar-refractivity contribution < 1.29 is 12.8 Å². The first-order valence-corrected chi connectivity index (χ1v) is 7.36. The summed E-state index contributed by atoms with van der Waals surface area (Å²) in [6.07, 6.45) is 1.09. The van der Waals surface area contributed by atoms with E-state index in [1.54, 1.807) is 0 Å². The topological polar surface area (TPSA) is 70.6 Å². The molecule has 0 saturated carbocycles. The summed E-state index contributed by atoms with van der Waals surface area (Å²) >= 11 is 0. The molecule has 0 aliphatic carbocycles. The molecule has 1 aliphatic heterocycles. The van der Waals surface area contributed by atoms with Gasteiger partial charge in [-0.25, -0.2) is 12.8 Å². The van der Waals surface area contributed by atoms with Gasteiger partial charge < -0.3 is 10.6 Å². The Kier molecular flexibility index (Phi) is 3.51. The predicted octanol–water partition coefficient (Wildman–Crippen LogP) is 0.643. The smallest absolute Gasteiger partial charge is 0.177 e. The Labute approximate surface area is 105 Å². The molecular formula is C11H14FN3O2S. The van der Waals surface area contributed by atoms with Crippen LogP contribution < -0.4 is 10.6 Å². The van der Waals surface area contributed by atoms with Crippen molar-refractivity contribution in [2.75, 3.05) is 31.2 Å². The third-order valence-electron chi connectivity index (χ3n) is 2.53. The van der Waals surface area contributed by atoms with Crippen molar-refractivity contribution in [2.45, 2.75) is 4.90 Å². The number of rotatable bonds is 4. The molecule has 0 radical (unpaired) electrons. The van der Waals surface area contributed by atoms with Gasteiger partial charge in [0, 0.05) is 12.8 Å². The molecule has 0 bridgehead atoms. The maximum absolute atomic E-state index is 13.2. The van der Waals surface area contributed by atoms with Crippen molar-refractivity contribution >= 4 is 21.4 Å². The first-order chi connectivity index (χ1) is 8.47. The quantitative estimate of drug-likeness (QED) is 0.789. The summed E-state index contributed by atoms with van der Waals surface area (Å²) in [4.78, 5) is 4.25. The zero-order chi connectivity index (χ0) is 13.2. The molecule has 0 amide bonds. The highest BCUT2D eigenvalue weighted by Crippen LogP contribution is 2.22. The normalized spacial score (nSPS) is 15.1. The van der Waals surface area contributed by atoms with Gasteiger partial charge in [-0.1, -0.05) is 0 Å². The van der Waals surface area contributed by atoms with Gasteiger partial charge in [-0.2, -0.15) is 0 Å². The molecule has 18 heavy (non-hydrogen) atoms. The number of nitrogens with one attached hydrogen (secondary N) is 2. The minimum absolute atomic E-state index is 0.0856. The highest BCUT2D eigenvalue weighted by Gasteiger charge is 2.14. The minimum atomic E-state index is -3.39. The minimum Gasteiger partial charge on any atom is -0.377 e. The van der Waals surface area contributed by atoms with Gasteiger partial charge in [-0.15, -0.1) is 0 Å². The highest BCUT2D eigenvalue weighted by atomic mass is 32.2. The number of nitrogens with zero attached hydrogens (tertiary/aromatic N) is 1. The van der Waals surface area contributed by atoms with Gasteiger partial charge in [0.05, 0.1) is 23.7 Å². The summed E-state index contributed by atoms with van der Waals surface area (Å²) in [5.74, 6) is 0.268.